The Morgan fingerprint density at radius 1 is 1.55 bits per heavy atom. The van der Waals surface area contributed by atoms with Crippen LogP contribution < -0.4 is 4.72 Å². The molecule has 0 aliphatic heterocycles. The Morgan fingerprint density at radius 3 is 2.85 bits per heavy atom. The molecule has 8 heteroatoms. The van der Waals surface area contributed by atoms with Crippen LogP contribution in [0.4, 0.5) is 0 Å². The largest absolute Gasteiger partial charge is 0.385 e. The number of pyridine rings is 1. The first-order valence-electron chi connectivity index (χ1n) is 6.18. The lowest BCUT2D eigenvalue weighted by Crippen LogP contribution is -2.31. The van der Waals surface area contributed by atoms with Crippen molar-refractivity contribution in [3.8, 4) is 0 Å². The van der Waals surface area contributed by atoms with Gasteiger partial charge in [0.05, 0.1) is 0 Å². The molecule has 20 heavy (non-hydrogen) atoms. The highest BCUT2D eigenvalue weighted by Gasteiger charge is 2.42. The summed E-state index contributed by atoms with van der Waals surface area (Å²) < 4.78 is 32.8. The summed E-state index contributed by atoms with van der Waals surface area (Å²) in [4.78, 5) is 3.83. The standard InChI is InChI=1S/C12H16BrClN2O3S/c1-19-5-4-12(2-3-12)8-16-20(17,18)10-6-9(13)7-15-11(10)14/h6-7,16H,2-5,8H2,1H3. The third-order valence-corrected chi connectivity index (χ3v) is 5.76. The smallest absolute Gasteiger partial charge is 0.243 e. The molecule has 0 radical (unpaired) electrons. The van der Waals surface area contributed by atoms with Crippen LogP contribution in [0.3, 0.4) is 0 Å². The number of nitrogens with one attached hydrogen (secondary N) is 1. The average Bonchev–Trinajstić information content (AvgIpc) is 3.18. The van der Waals surface area contributed by atoms with Crippen molar-refractivity contribution in [2.45, 2.75) is 24.2 Å². The molecule has 1 saturated carbocycles. The highest BCUT2D eigenvalue weighted by Crippen LogP contribution is 2.48. The summed E-state index contributed by atoms with van der Waals surface area (Å²) in [6.45, 7) is 1.04. The van der Waals surface area contributed by atoms with E-state index in [-0.39, 0.29) is 15.5 Å². The second-order valence-corrected chi connectivity index (χ2v) is 8.02. The zero-order chi connectivity index (χ0) is 14.8. The van der Waals surface area contributed by atoms with Crippen LogP contribution in [0.2, 0.25) is 5.15 Å². The lowest BCUT2D eigenvalue weighted by molar-refractivity contribution is 0.173. The van der Waals surface area contributed by atoms with Crippen molar-refractivity contribution in [3.05, 3.63) is 21.9 Å². The van der Waals surface area contributed by atoms with E-state index in [9.17, 15) is 8.42 Å². The number of methoxy groups -OCH3 is 1. The van der Waals surface area contributed by atoms with Gasteiger partial charge in [0, 0.05) is 30.9 Å². The Bertz CT molecular complexity index is 590. The molecule has 5 nitrogen and oxygen atoms in total. The van der Waals surface area contributed by atoms with Crippen molar-refractivity contribution in [1.82, 2.24) is 9.71 Å². The van der Waals surface area contributed by atoms with Crippen LogP contribution >= 0.6 is 27.5 Å². The van der Waals surface area contributed by atoms with Crippen molar-refractivity contribution in [2.24, 2.45) is 5.41 Å². The van der Waals surface area contributed by atoms with Gasteiger partial charge in [-0.3, -0.25) is 0 Å². The molecule has 1 heterocycles. The molecule has 112 valence electrons. The molecule has 1 aliphatic carbocycles. The van der Waals surface area contributed by atoms with E-state index in [1.165, 1.54) is 12.3 Å². The van der Waals surface area contributed by atoms with E-state index in [0.29, 0.717) is 17.6 Å². The van der Waals surface area contributed by atoms with Gasteiger partial charge < -0.3 is 4.74 Å². The van der Waals surface area contributed by atoms with Gasteiger partial charge in [0.25, 0.3) is 0 Å². The predicted molar refractivity (Wildman–Crippen MR) is 80.3 cm³/mol. The Labute approximate surface area is 132 Å². The quantitative estimate of drug-likeness (QED) is 0.735. The van der Waals surface area contributed by atoms with Crippen molar-refractivity contribution >= 4 is 37.6 Å². The Hall–Kier alpha value is -0.210. The second-order valence-electron chi connectivity index (χ2n) is 5.01. The molecular weight excluding hydrogens is 368 g/mol. The van der Waals surface area contributed by atoms with Gasteiger partial charge in [0.15, 0.2) is 0 Å². The van der Waals surface area contributed by atoms with Gasteiger partial charge in [0.2, 0.25) is 10.0 Å². The van der Waals surface area contributed by atoms with E-state index in [2.05, 4.69) is 25.6 Å². The van der Waals surface area contributed by atoms with Crippen molar-refractivity contribution < 1.29 is 13.2 Å². The maximum atomic E-state index is 12.3. The normalized spacial score (nSPS) is 17.1. The summed E-state index contributed by atoms with van der Waals surface area (Å²) in [5, 5.41) is -0.0255. The van der Waals surface area contributed by atoms with Crippen LogP contribution in [-0.2, 0) is 14.8 Å². The number of rotatable bonds is 7. The highest BCUT2D eigenvalue weighted by molar-refractivity contribution is 9.10. The van der Waals surface area contributed by atoms with Crippen LogP contribution in [0.25, 0.3) is 0 Å². The van der Waals surface area contributed by atoms with E-state index in [0.717, 1.165) is 19.3 Å². The maximum Gasteiger partial charge on any atom is 0.243 e. The highest BCUT2D eigenvalue weighted by atomic mass is 79.9. The predicted octanol–water partition coefficient (Wildman–Crippen LogP) is 2.59. The summed E-state index contributed by atoms with van der Waals surface area (Å²) >= 11 is 9.05. The Kier molecular flexibility index (Phi) is 5.07. The fourth-order valence-corrected chi connectivity index (χ4v) is 4.03. The number of halogens is 2. The van der Waals surface area contributed by atoms with E-state index < -0.39 is 10.0 Å². The summed E-state index contributed by atoms with van der Waals surface area (Å²) in [6, 6.07) is 1.45. The van der Waals surface area contributed by atoms with Crippen LogP contribution in [0, 0.1) is 5.41 Å². The van der Waals surface area contributed by atoms with Gasteiger partial charge in [-0.1, -0.05) is 11.6 Å². The molecule has 0 saturated heterocycles. The monoisotopic (exact) mass is 382 g/mol. The third-order valence-electron chi connectivity index (χ3n) is 3.49. The molecule has 1 aromatic rings. The minimum Gasteiger partial charge on any atom is -0.385 e. The molecule has 1 aromatic heterocycles. The molecule has 0 amide bonds. The number of sulfonamides is 1. The van der Waals surface area contributed by atoms with E-state index in [4.69, 9.17) is 16.3 Å². The zero-order valence-electron chi connectivity index (χ0n) is 11.0. The topological polar surface area (TPSA) is 68.3 Å². The van der Waals surface area contributed by atoms with Crippen LogP contribution in [0.5, 0.6) is 0 Å². The van der Waals surface area contributed by atoms with Gasteiger partial charge in [0.1, 0.15) is 10.0 Å². The molecule has 1 fully saturated rings. The van der Waals surface area contributed by atoms with Gasteiger partial charge >= 0.3 is 0 Å². The number of aromatic nitrogens is 1. The molecule has 1 N–H and O–H groups in total. The molecule has 0 bridgehead atoms. The van der Waals surface area contributed by atoms with Crippen LogP contribution in [-0.4, -0.2) is 33.7 Å². The second kappa shape index (κ2) is 6.27. The molecule has 1 aliphatic rings. The molecular formula is C12H16BrClN2O3S. The van der Waals surface area contributed by atoms with Gasteiger partial charge in [-0.15, -0.1) is 0 Å². The molecule has 0 aromatic carbocycles. The fraction of sp³-hybridized carbons (Fsp3) is 0.583. The Morgan fingerprint density at radius 2 is 2.25 bits per heavy atom. The Balaban J connectivity index is 2.06. The lowest BCUT2D eigenvalue weighted by Gasteiger charge is -2.16. The minimum absolute atomic E-state index is 0.00363. The van der Waals surface area contributed by atoms with Gasteiger partial charge in [-0.05, 0) is 46.7 Å². The first-order valence-corrected chi connectivity index (χ1v) is 8.84. The summed E-state index contributed by atoms with van der Waals surface area (Å²) in [6.07, 6.45) is 4.35. The summed E-state index contributed by atoms with van der Waals surface area (Å²) in [7, 11) is -2.00. The third kappa shape index (κ3) is 3.92. The SMILES string of the molecule is COCCC1(CNS(=O)(=O)c2cc(Br)cnc2Cl)CC1. The zero-order valence-corrected chi connectivity index (χ0v) is 14.2. The van der Waals surface area contributed by atoms with Crippen molar-refractivity contribution in [2.75, 3.05) is 20.3 Å². The molecule has 0 unspecified atom stereocenters. The van der Waals surface area contributed by atoms with E-state index >= 15 is 0 Å². The molecule has 2 rings (SSSR count). The molecule has 0 atom stereocenters. The van der Waals surface area contributed by atoms with Crippen LogP contribution in [0.15, 0.2) is 21.6 Å². The lowest BCUT2D eigenvalue weighted by atomic mass is 10.0. The minimum atomic E-state index is -3.65. The van der Waals surface area contributed by atoms with Gasteiger partial charge in [-0.2, -0.15) is 0 Å². The molecule has 0 spiro atoms. The number of hydrogen-bond acceptors (Lipinski definition) is 4. The van der Waals surface area contributed by atoms with Crippen molar-refractivity contribution in [1.29, 1.82) is 0 Å². The van der Waals surface area contributed by atoms with Crippen LogP contribution in [0.1, 0.15) is 19.3 Å². The van der Waals surface area contributed by atoms with E-state index in [1.54, 1.807) is 7.11 Å². The average molecular weight is 384 g/mol. The number of nitrogens with zero attached hydrogens (tertiary/aromatic N) is 1. The first kappa shape index (κ1) is 16.2. The summed E-state index contributed by atoms with van der Waals surface area (Å²) in [5.41, 5.74) is 0.0367. The summed E-state index contributed by atoms with van der Waals surface area (Å²) in [5.74, 6) is 0. The van der Waals surface area contributed by atoms with Gasteiger partial charge in [-0.25, -0.2) is 18.1 Å². The van der Waals surface area contributed by atoms with Crippen molar-refractivity contribution in [3.63, 3.8) is 0 Å². The van der Waals surface area contributed by atoms with E-state index in [1.807, 2.05) is 0 Å². The fourth-order valence-electron chi connectivity index (χ4n) is 1.93. The number of ether oxygens (including phenoxy) is 1. The first-order chi connectivity index (χ1) is 9.38. The maximum absolute atomic E-state index is 12.3. The number of hydrogen-bond donors (Lipinski definition) is 1.